The van der Waals surface area contributed by atoms with Crippen molar-refractivity contribution in [3.8, 4) is 0 Å². The molecule has 0 aliphatic carbocycles. The number of aromatic nitrogens is 2. The maximum atomic E-state index is 11.6. The molecule has 0 unspecified atom stereocenters. The molecule has 0 aliphatic rings. The Labute approximate surface area is 173 Å². The lowest BCUT2D eigenvalue weighted by atomic mass is 10.1. The van der Waals surface area contributed by atoms with Crippen molar-refractivity contribution in [3.05, 3.63) is 94.5 Å². The van der Waals surface area contributed by atoms with Crippen LogP contribution in [0, 0.1) is 0 Å². The third-order valence-corrected chi connectivity index (χ3v) is 4.99. The summed E-state index contributed by atoms with van der Waals surface area (Å²) in [6, 6.07) is 23.2. The van der Waals surface area contributed by atoms with Crippen molar-refractivity contribution in [2.45, 2.75) is 13.1 Å². The first-order chi connectivity index (χ1) is 14.1. The van der Waals surface area contributed by atoms with Gasteiger partial charge in [-0.25, -0.2) is 9.78 Å². The van der Waals surface area contributed by atoms with Crippen molar-refractivity contribution < 1.29 is 9.53 Å². The minimum atomic E-state index is -0.339. The smallest absolute Gasteiger partial charge is 0.337 e. The number of esters is 1. The van der Waals surface area contributed by atoms with E-state index in [1.165, 1.54) is 7.11 Å². The predicted octanol–water partition coefficient (Wildman–Crippen LogP) is 5.14. The van der Waals surface area contributed by atoms with Gasteiger partial charge < -0.3 is 14.6 Å². The van der Waals surface area contributed by atoms with Crippen LogP contribution in [0.4, 0.5) is 5.95 Å². The van der Waals surface area contributed by atoms with E-state index >= 15 is 0 Å². The van der Waals surface area contributed by atoms with Crippen molar-refractivity contribution in [3.63, 3.8) is 0 Å². The molecule has 0 saturated carbocycles. The van der Waals surface area contributed by atoms with Gasteiger partial charge in [0.25, 0.3) is 0 Å². The fourth-order valence-electron chi connectivity index (χ4n) is 3.20. The number of para-hydroxylation sites is 2. The van der Waals surface area contributed by atoms with E-state index in [0.29, 0.717) is 18.7 Å². The van der Waals surface area contributed by atoms with Gasteiger partial charge in [-0.3, -0.25) is 0 Å². The van der Waals surface area contributed by atoms with Gasteiger partial charge in [-0.15, -0.1) is 0 Å². The molecule has 3 aromatic carbocycles. The van der Waals surface area contributed by atoms with E-state index in [1.807, 2.05) is 54.6 Å². The summed E-state index contributed by atoms with van der Waals surface area (Å²) in [5.41, 5.74) is 4.72. The molecule has 0 amide bonds. The molecule has 0 bridgehead atoms. The van der Waals surface area contributed by atoms with Crippen LogP contribution in [0.2, 0.25) is 5.02 Å². The van der Waals surface area contributed by atoms with Crippen molar-refractivity contribution in [1.29, 1.82) is 0 Å². The Morgan fingerprint density at radius 1 is 1.00 bits per heavy atom. The lowest BCUT2D eigenvalue weighted by Crippen LogP contribution is -2.09. The summed E-state index contributed by atoms with van der Waals surface area (Å²) in [6.07, 6.45) is 0. The Morgan fingerprint density at radius 2 is 1.69 bits per heavy atom. The van der Waals surface area contributed by atoms with Crippen molar-refractivity contribution >= 4 is 34.6 Å². The number of imidazole rings is 1. The molecule has 0 aliphatic heterocycles. The maximum Gasteiger partial charge on any atom is 0.337 e. The minimum Gasteiger partial charge on any atom is -0.465 e. The quantitative estimate of drug-likeness (QED) is 0.451. The van der Waals surface area contributed by atoms with Gasteiger partial charge in [0, 0.05) is 11.6 Å². The molecule has 4 aromatic rings. The van der Waals surface area contributed by atoms with Gasteiger partial charge in [0.1, 0.15) is 0 Å². The molecular formula is C23H20ClN3O2. The number of hydrogen-bond donors (Lipinski definition) is 1. The average molecular weight is 406 g/mol. The molecule has 0 fully saturated rings. The fraction of sp³-hybridized carbons (Fsp3) is 0.130. The van der Waals surface area contributed by atoms with Crippen molar-refractivity contribution in [2.24, 2.45) is 0 Å². The molecule has 1 aromatic heterocycles. The van der Waals surface area contributed by atoms with Gasteiger partial charge in [-0.1, -0.05) is 48.0 Å². The highest BCUT2D eigenvalue weighted by molar-refractivity contribution is 6.30. The van der Waals surface area contributed by atoms with Crippen LogP contribution in [0.3, 0.4) is 0 Å². The Kier molecular flexibility index (Phi) is 5.49. The van der Waals surface area contributed by atoms with Gasteiger partial charge in [0.15, 0.2) is 0 Å². The van der Waals surface area contributed by atoms with Gasteiger partial charge in [0.05, 0.1) is 30.3 Å². The van der Waals surface area contributed by atoms with E-state index in [0.717, 1.165) is 33.1 Å². The number of nitrogens with one attached hydrogen (secondary N) is 1. The molecule has 29 heavy (non-hydrogen) atoms. The average Bonchev–Trinajstić information content (AvgIpc) is 3.11. The number of methoxy groups -OCH3 is 1. The molecule has 0 saturated heterocycles. The van der Waals surface area contributed by atoms with Crippen molar-refractivity contribution in [2.75, 3.05) is 12.4 Å². The molecule has 4 rings (SSSR count). The number of nitrogens with zero attached hydrogens (tertiary/aromatic N) is 2. The minimum absolute atomic E-state index is 0.339. The highest BCUT2D eigenvalue weighted by Crippen LogP contribution is 2.22. The van der Waals surface area contributed by atoms with Crippen LogP contribution in [-0.4, -0.2) is 22.6 Å². The Morgan fingerprint density at radius 3 is 2.41 bits per heavy atom. The number of carbonyl (C=O) groups is 1. The number of rotatable bonds is 6. The zero-order chi connectivity index (χ0) is 20.2. The number of carbonyl (C=O) groups excluding carboxylic acids is 1. The van der Waals surface area contributed by atoms with Gasteiger partial charge in [-0.05, 0) is 47.5 Å². The fourth-order valence-corrected chi connectivity index (χ4v) is 3.33. The molecule has 0 atom stereocenters. The number of anilines is 1. The van der Waals surface area contributed by atoms with E-state index in [9.17, 15) is 4.79 Å². The molecule has 5 nitrogen and oxygen atoms in total. The van der Waals surface area contributed by atoms with Gasteiger partial charge in [-0.2, -0.15) is 0 Å². The van der Waals surface area contributed by atoms with Crippen LogP contribution in [0.5, 0.6) is 0 Å². The number of fused-ring (bicyclic) bond motifs is 1. The first-order valence-corrected chi connectivity index (χ1v) is 9.62. The van der Waals surface area contributed by atoms with E-state index in [4.69, 9.17) is 21.3 Å². The summed E-state index contributed by atoms with van der Waals surface area (Å²) in [6.45, 7) is 1.27. The number of hydrogen-bond acceptors (Lipinski definition) is 4. The molecule has 6 heteroatoms. The van der Waals surface area contributed by atoms with Crippen LogP contribution in [0.15, 0.2) is 72.8 Å². The van der Waals surface area contributed by atoms with Gasteiger partial charge in [0.2, 0.25) is 5.95 Å². The first-order valence-electron chi connectivity index (χ1n) is 9.25. The highest BCUT2D eigenvalue weighted by atomic mass is 35.5. The first kappa shape index (κ1) is 19.0. The molecular weight excluding hydrogens is 386 g/mol. The second kappa shape index (κ2) is 8.37. The van der Waals surface area contributed by atoms with E-state index in [-0.39, 0.29) is 5.97 Å². The molecule has 0 spiro atoms. The molecule has 0 radical (unpaired) electrons. The van der Waals surface area contributed by atoms with Crippen LogP contribution >= 0.6 is 11.6 Å². The second-order valence-corrected chi connectivity index (χ2v) is 7.12. The monoisotopic (exact) mass is 405 g/mol. The summed E-state index contributed by atoms with van der Waals surface area (Å²) in [5, 5.41) is 4.14. The third-order valence-electron chi connectivity index (χ3n) is 4.73. The number of benzene rings is 3. The molecule has 1 N–H and O–H groups in total. The topological polar surface area (TPSA) is 56.1 Å². The summed E-state index contributed by atoms with van der Waals surface area (Å²) in [4.78, 5) is 16.3. The van der Waals surface area contributed by atoms with Crippen LogP contribution in [-0.2, 0) is 17.8 Å². The Hall–Kier alpha value is -3.31. The zero-order valence-corrected chi connectivity index (χ0v) is 16.7. The summed E-state index contributed by atoms with van der Waals surface area (Å²) < 4.78 is 6.90. The Bertz CT molecular complexity index is 1140. The summed E-state index contributed by atoms with van der Waals surface area (Å²) >= 11 is 6.02. The van der Waals surface area contributed by atoms with Crippen molar-refractivity contribution in [1.82, 2.24) is 9.55 Å². The third kappa shape index (κ3) is 4.25. The van der Waals surface area contributed by atoms with E-state index in [1.54, 1.807) is 12.1 Å². The normalized spacial score (nSPS) is 10.8. The molecule has 146 valence electrons. The van der Waals surface area contributed by atoms with E-state index in [2.05, 4.69) is 16.0 Å². The number of halogens is 1. The van der Waals surface area contributed by atoms with Crippen LogP contribution in [0.25, 0.3) is 11.0 Å². The Balaban J connectivity index is 1.58. The summed E-state index contributed by atoms with van der Waals surface area (Å²) in [7, 11) is 1.38. The maximum absolute atomic E-state index is 11.6. The van der Waals surface area contributed by atoms with E-state index < -0.39 is 0 Å². The zero-order valence-electron chi connectivity index (χ0n) is 15.9. The highest BCUT2D eigenvalue weighted by Gasteiger charge is 2.11. The second-order valence-electron chi connectivity index (χ2n) is 6.68. The summed E-state index contributed by atoms with van der Waals surface area (Å²) in [5.74, 6) is 0.451. The predicted molar refractivity (Wildman–Crippen MR) is 115 cm³/mol. The number of ether oxygens (including phenoxy) is 1. The van der Waals surface area contributed by atoms with Crippen LogP contribution < -0.4 is 5.32 Å². The van der Waals surface area contributed by atoms with Gasteiger partial charge >= 0.3 is 5.97 Å². The lowest BCUT2D eigenvalue weighted by molar-refractivity contribution is 0.0600. The largest absolute Gasteiger partial charge is 0.465 e. The lowest BCUT2D eigenvalue weighted by Gasteiger charge is -2.11. The standard InChI is InChI=1S/C23H20ClN3O2/c1-29-22(28)18-10-6-16(7-11-18)14-25-23-26-20-4-2-3-5-21(20)27(23)15-17-8-12-19(24)13-9-17/h2-13H,14-15H2,1H3,(H,25,26). The molecule has 1 heterocycles. The van der Waals surface area contributed by atoms with Crippen LogP contribution in [0.1, 0.15) is 21.5 Å². The SMILES string of the molecule is COC(=O)c1ccc(CNc2nc3ccccc3n2Cc2ccc(Cl)cc2)cc1.